The molecule has 0 saturated carbocycles. The highest BCUT2D eigenvalue weighted by Crippen LogP contribution is 2.25. The van der Waals surface area contributed by atoms with E-state index in [2.05, 4.69) is 27.4 Å². The number of aromatic amines is 1. The summed E-state index contributed by atoms with van der Waals surface area (Å²) >= 11 is 5.27. The number of benzene rings is 2. The van der Waals surface area contributed by atoms with Crippen LogP contribution in [0.15, 0.2) is 53.6 Å². The number of rotatable bonds is 5. The second-order valence-electron chi connectivity index (χ2n) is 6.34. The lowest BCUT2D eigenvalue weighted by Gasteiger charge is -2.16. The molecule has 0 spiro atoms. The van der Waals surface area contributed by atoms with Crippen molar-refractivity contribution in [1.82, 2.24) is 14.9 Å². The summed E-state index contributed by atoms with van der Waals surface area (Å²) < 4.78 is 7.98. The first-order chi connectivity index (χ1) is 12.8. The number of aromatic nitrogens is 3. The highest BCUT2D eigenvalue weighted by molar-refractivity contribution is 7.71. The van der Waals surface area contributed by atoms with E-state index in [1.807, 2.05) is 36.4 Å². The van der Waals surface area contributed by atoms with Crippen LogP contribution in [0.1, 0.15) is 35.4 Å². The summed E-state index contributed by atoms with van der Waals surface area (Å²) in [6, 6.07) is 16.2. The van der Waals surface area contributed by atoms with E-state index in [4.69, 9.17) is 17.0 Å². The second kappa shape index (κ2) is 7.66. The van der Waals surface area contributed by atoms with E-state index in [0.29, 0.717) is 17.2 Å². The Kier molecular flexibility index (Phi) is 4.93. The predicted octanol–water partition coefficient (Wildman–Crippen LogP) is 4.28. The predicted molar refractivity (Wildman–Crippen MR) is 104 cm³/mol. The van der Waals surface area contributed by atoms with Gasteiger partial charge in [0.25, 0.3) is 0 Å². The van der Waals surface area contributed by atoms with Crippen molar-refractivity contribution in [2.75, 3.05) is 0 Å². The molecular formula is C20H20N4OS. The van der Waals surface area contributed by atoms with Crippen molar-refractivity contribution >= 4 is 18.4 Å². The largest absolute Gasteiger partial charge is 0.486 e. The van der Waals surface area contributed by atoms with Gasteiger partial charge in [0.05, 0.1) is 6.21 Å². The van der Waals surface area contributed by atoms with E-state index in [0.717, 1.165) is 17.7 Å². The van der Waals surface area contributed by atoms with Crippen LogP contribution in [0.3, 0.4) is 0 Å². The quantitative estimate of drug-likeness (QED) is 0.543. The average Bonchev–Trinajstić information content (AvgIpc) is 3.05. The zero-order valence-electron chi connectivity index (χ0n) is 14.4. The Hall–Kier alpha value is -2.73. The van der Waals surface area contributed by atoms with E-state index in [9.17, 15) is 0 Å². The van der Waals surface area contributed by atoms with Gasteiger partial charge in [-0.1, -0.05) is 36.4 Å². The van der Waals surface area contributed by atoms with Crippen LogP contribution in [-0.4, -0.2) is 21.1 Å². The molecule has 0 bridgehead atoms. The third-order valence-corrected chi connectivity index (χ3v) is 4.79. The molecule has 132 valence electrons. The number of hydrogen-bond donors (Lipinski definition) is 1. The van der Waals surface area contributed by atoms with Crippen molar-refractivity contribution in [2.45, 2.75) is 32.3 Å². The van der Waals surface area contributed by atoms with Crippen molar-refractivity contribution in [1.29, 1.82) is 0 Å². The van der Waals surface area contributed by atoms with Gasteiger partial charge in [-0.25, -0.2) is 5.10 Å². The normalized spacial score (nSPS) is 13.7. The fourth-order valence-electron chi connectivity index (χ4n) is 3.15. The average molecular weight is 364 g/mol. The van der Waals surface area contributed by atoms with E-state index in [1.165, 1.54) is 30.4 Å². The first-order valence-electron chi connectivity index (χ1n) is 8.80. The van der Waals surface area contributed by atoms with Gasteiger partial charge in [0, 0.05) is 0 Å². The summed E-state index contributed by atoms with van der Waals surface area (Å²) in [5.41, 5.74) is 3.84. The van der Waals surface area contributed by atoms with Gasteiger partial charge in [0.1, 0.15) is 12.4 Å². The number of ether oxygens (including phenoxy) is 1. The molecule has 0 atom stereocenters. The lowest BCUT2D eigenvalue weighted by atomic mass is 9.92. The summed E-state index contributed by atoms with van der Waals surface area (Å²) in [4.78, 5) is 0. The van der Waals surface area contributed by atoms with Crippen molar-refractivity contribution in [3.63, 3.8) is 0 Å². The first kappa shape index (κ1) is 16.7. The van der Waals surface area contributed by atoms with Gasteiger partial charge in [-0.15, -0.1) is 0 Å². The molecule has 1 aliphatic rings. The van der Waals surface area contributed by atoms with Crippen LogP contribution in [0, 0.1) is 4.77 Å². The molecular weight excluding hydrogens is 344 g/mol. The summed E-state index contributed by atoms with van der Waals surface area (Å²) in [6.45, 7) is 0.304. The Balaban J connectivity index is 1.49. The summed E-state index contributed by atoms with van der Waals surface area (Å²) in [5.74, 6) is 1.50. The number of nitrogens with zero attached hydrogens (tertiary/aromatic N) is 3. The van der Waals surface area contributed by atoms with Crippen molar-refractivity contribution < 1.29 is 4.74 Å². The SMILES string of the molecule is S=c1[nH]nc(COc2ccc3c(c2)CCCC3)n1/N=C/c1ccccc1. The fraction of sp³-hybridized carbons (Fsp3) is 0.250. The van der Waals surface area contributed by atoms with E-state index in [-0.39, 0.29) is 0 Å². The second-order valence-corrected chi connectivity index (χ2v) is 6.73. The lowest BCUT2D eigenvalue weighted by Crippen LogP contribution is -2.06. The molecule has 1 N–H and O–H groups in total. The zero-order valence-corrected chi connectivity index (χ0v) is 15.2. The Morgan fingerprint density at radius 3 is 2.77 bits per heavy atom. The monoisotopic (exact) mass is 364 g/mol. The van der Waals surface area contributed by atoms with Crippen LogP contribution in [0.2, 0.25) is 0 Å². The molecule has 0 amide bonds. The standard InChI is InChI=1S/C20H20N4OS/c26-20-23-22-19(24(20)21-13-15-6-2-1-3-7-15)14-25-18-11-10-16-8-4-5-9-17(16)12-18/h1-3,6-7,10-13H,4-5,8-9,14H2,(H,23,26)/b21-13+. The van der Waals surface area contributed by atoms with Crippen LogP contribution < -0.4 is 4.74 Å². The highest BCUT2D eigenvalue weighted by Gasteiger charge is 2.11. The molecule has 0 unspecified atom stereocenters. The number of hydrogen-bond acceptors (Lipinski definition) is 4. The van der Waals surface area contributed by atoms with Crippen molar-refractivity contribution in [3.8, 4) is 5.75 Å². The molecule has 1 aliphatic carbocycles. The molecule has 3 aromatic rings. The van der Waals surface area contributed by atoms with E-state index in [1.54, 1.807) is 10.9 Å². The Morgan fingerprint density at radius 2 is 1.92 bits per heavy atom. The summed E-state index contributed by atoms with van der Waals surface area (Å²) in [5, 5.41) is 11.5. The number of aryl methyl sites for hydroxylation is 2. The maximum absolute atomic E-state index is 5.94. The zero-order chi connectivity index (χ0) is 17.8. The van der Waals surface area contributed by atoms with E-state index < -0.39 is 0 Å². The van der Waals surface area contributed by atoms with Crippen LogP contribution in [-0.2, 0) is 19.4 Å². The summed E-state index contributed by atoms with van der Waals surface area (Å²) in [6.07, 6.45) is 6.59. The van der Waals surface area contributed by atoms with Crippen molar-refractivity contribution in [2.24, 2.45) is 5.10 Å². The molecule has 26 heavy (non-hydrogen) atoms. The van der Waals surface area contributed by atoms with Gasteiger partial charge in [-0.3, -0.25) is 0 Å². The number of H-pyrrole nitrogens is 1. The van der Waals surface area contributed by atoms with Crippen LogP contribution in [0.5, 0.6) is 5.75 Å². The smallest absolute Gasteiger partial charge is 0.216 e. The lowest BCUT2D eigenvalue weighted by molar-refractivity contribution is 0.290. The molecule has 0 radical (unpaired) electrons. The van der Waals surface area contributed by atoms with Gasteiger partial charge in [0.2, 0.25) is 4.77 Å². The Labute approximate surface area is 157 Å². The molecule has 1 heterocycles. The van der Waals surface area contributed by atoms with Gasteiger partial charge in [-0.2, -0.15) is 14.9 Å². The molecule has 4 rings (SSSR count). The number of nitrogens with one attached hydrogen (secondary N) is 1. The Bertz CT molecular complexity index is 975. The van der Waals surface area contributed by atoms with Crippen LogP contribution in [0.4, 0.5) is 0 Å². The Morgan fingerprint density at radius 1 is 1.12 bits per heavy atom. The minimum Gasteiger partial charge on any atom is -0.486 e. The molecule has 1 aromatic heterocycles. The fourth-order valence-corrected chi connectivity index (χ4v) is 3.35. The van der Waals surface area contributed by atoms with Gasteiger partial charge in [0.15, 0.2) is 5.82 Å². The molecule has 2 aromatic carbocycles. The molecule has 0 saturated heterocycles. The summed E-state index contributed by atoms with van der Waals surface area (Å²) in [7, 11) is 0. The molecule has 0 aliphatic heterocycles. The van der Waals surface area contributed by atoms with Crippen LogP contribution in [0.25, 0.3) is 0 Å². The maximum atomic E-state index is 5.94. The van der Waals surface area contributed by atoms with Gasteiger partial charge >= 0.3 is 0 Å². The number of fused-ring (bicyclic) bond motifs is 1. The minimum absolute atomic E-state index is 0.304. The van der Waals surface area contributed by atoms with E-state index >= 15 is 0 Å². The third-order valence-electron chi connectivity index (χ3n) is 4.53. The maximum Gasteiger partial charge on any atom is 0.216 e. The first-order valence-corrected chi connectivity index (χ1v) is 9.21. The molecule has 5 nitrogen and oxygen atoms in total. The highest BCUT2D eigenvalue weighted by atomic mass is 32.1. The topological polar surface area (TPSA) is 55.2 Å². The van der Waals surface area contributed by atoms with Gasteiger partial charge in [-0.05, 0) is 66.7 Å². The minimum atomic E-state index is 0.304. The molecule has 6 heteroatoms. The third kappa shape index (κ3) is 3.75. The van der Waals surface area contributed by atoms with Crippen LogP contribution >= 0.6 is 12.2 Å². The van der Waals surface area contributed by atoms with Crippen molar-refractivity contribution in [3.05, 3.63) is 75.8 Å². The van der Waals surface area contributed by atoms with Gasteiger partial charge < -0.3 is 4.74 Å². The molecule has 0 fully saturated rings.